The summed E-state index contributed by atoms with van der Waals surface area (Å²) < 4.78 is 56.0. The van der Waals surface area contributed by atoms with Crippen LogP contribution in [0.5, 0.6) is 0 Å². The molecule has 1 aromatic heterocycles. The van der Waals surface area contributed by atoms with Crippen molar-refractivity contribution >= 4 is 17.6 Å². The average molecular weight is 621 g/mol. The Morgan fingerprint density at radius 3 is 2.42 bits per heavy atom. The molecule has 1 aliphatic heterocycles. The Kier molecular flexibility index (Phi) is 8.87. The number of nitrogens with zero attached hydrogens (tertiary/aromatic N) is 5. The van der Waals surface area contributed by atoms with Crippen molar-refractivity contribution in [3.05, 3.63) is 124 Å². The van der Waals surface area contributed by atoms with Crippen molar-refractivity contribution in [3.8, 4) is 5.69 Å². The topological polar surface area (TPSA) is 95.1 Å². The maximum atomic E-state index is 14.3. The van der Waals surface area contributed by atoms with Gasteiger partial charge in [0.25, 0.3) is 11.8 Å². The third kappa shape index (κ3) is 6.23. The quantitative estimate of drug-likeness (QED) is 0.157. The van der Waals surface area contributed by atoms with E-state index in [1.54, 1.807) is 35.9 Å². The second-order valence-corrected chi connectivity index (χ2v) is 10.3. The first kappa shape index (κ1) is 31.2. The number of para-hydroxylation sites is 1. The van der Waals surface area contributed by atoms with Gasteiger partial charge < -0.3 is 10.4 Å². The van der Waals surface area contributed by atoms with Gasteiger partial charge in [-0.25, -0.2) is 9.07 Å². The van der Waals surface area contributed by atoms with Gasteiger partial charge in [0.15, 0.2) is 0 Å². The first-order chi connectivity index (χ1) is 21.6. The zero-order chi connectivity index (χ0) is 32.3. The number of aliphatic hydroxyl groups is 1. The zero-order valence-electron chi connectivity index (χ0n) is 24.0. The number of hydrogen-bond donors (Lipinski definition) is 2. The summed E-state index contributed by atoms with van der Waals surface area (Å²) in [5, 5.41) is 18.3. The summed E-state index contributed by atoms with van der Waals surface area (Å²) in [6.45, 7) is 9.12. The Bertz CT molecular complexity index is 1730. The van der Waals surface area contributed by atoms with Crippen molar-refractivity contribution < 1.29 is 32.3 Å². The Labute approximate surface area is 256 Å². The molecule has 9 nitrogen and oxygen atoms in total. The highest BCUT2D eigenvalue weighted by Crippen LogP contribution is 2.44. The fraction of sp³-hybridized carbons (Fsp3) is 0.250. The second-order valence-electron chi connectivity index (χ2n) is 10.3. The van der Waals surface area contributed by atoms with E-state index in [0.717, 1.165) is 12.1 Å². The molecule has 0 radical (unpaired) electrons. The number of fused-ring (bicyclic) bond motifs is 1. The standard InChI is InChI=1S/C32H28F4N6O3/c1-3-41-30-27(25(19-40(37-2)16-17-43)39-42(30)24-10-5-4-6-11-24)26(20-12-14-23(33)15-13-20)28(31(41)45)38-29(44)21-8-7-9-22(18-21)32(34,35)36/h4-15,18,26,28,43H,3,16-17,19H2,1H3,(H,38,44)/t26-,28-/m0/s1. The molecular formula is C32H28F4N6O3. The number of aliphatic hydroxyl groups excluding tert-OH is 1. The van der Waals surface area contributed by atoms with Crippen LogP contribution >= 0.6 is 0 Å². The molecule has 0 fully saturated rings. The van der Waals surface area contributed by atoms with Crippen molar-refractivity contribution in [1.29, 1.82) is 0 Å². The van der Waals surface area contributed by atoms with Crippen molar-refractivity contribution in [2.24, 2.45) is 0 Å². The molecule has 0 spiro atoms. The normalized spacial score (nSPS) is 16.2. The van der Waals surface area contributed by atoms with Crippen LogP contribution in [0.4, 0.5) is 23.4 Å². The molecule has 4 aromatic rings. The lowest BCUT2D eigenvalue weighted by Crippen LogP contribution is -2.55. The highest BCUT2D eigenvalue weighted by atomic mass is 19.4. The molecule has 3 aromatic carbocycles. The molecule has 2 heterocycles. The van der Waals surface area contributed by atoms with E-state index in [4.69, 9.17) is 11.7 Å². The van der Waals surface area contributed by atoms with E-state index in [9.17, 15) is 32.3 Å². The number of carbonyl (C=O) groups excluding carboxylic acids is 2. The number of alkyl halides is 3. The fourth-order valence-corrected chi connectivity index (χ4v) is 5.48. The minimum atomic E-state index is -4.69. The lowest BCUT2D eigenvalue weighted by atomic mass is 9.80. The van der Waals surface area contributed by atoms with Crippen molar-refractivity contribution in [1.82, 2.24) is 20.1 Å². The van der Waals surface area contributed by atoms with Crippen LogP contribution in [0.2, 0.25) is 0 Å². The van der Waals surface area contributed by atoms with Crippen LogP contribution in [0, 0.1) is 12.4 Å². The van der Waals surface area contributed by atoms with E-state index in [1.165, 1.54) is 40.2 Å². The van der Waals surface area contributed by atoms with Gasteiger partial charge in [0.2, 0.25) is 0 Å². The van der Waals surface area contributed by atoms with Crippen LogP contribution < -0.4 is 10.2 Å². The van der Waals surface area contributed by atoms with Crippen LogP contribution in [-0.2, 0) is 17.5 Å². The highest BCUT2D eigenvalue weighted by molar-refractivity contribution is 6.05. The highest BCUT2D eigenvalue weighted by Gasteiger charge is 2.46. The number of likely N-dealkylation sites (N-methyl/N-ethyl adjacent to an activating group) is 1. The average Bonchev–Trinajstić information content (AvgIpc) is 3.40. The lowest BCUT2D eigenvalue weighted by molar-refractivity contribution is -0.137. The molecule has 2 amide bonds. The summed E-state index contributed by atoms with van der Waals surface area (Å²) in [5.41, 5.74) is 0.539. The largest absolute Gasteiger partial charge is 0.416 e. The van der Waals surface area contributed by atoms with Gasteiger partial charge in [0, 0.05) is 23.6 Å². The van der Waals surface area contributed by atoms with Gasteiger partial charge in [-0.05, 0) is 55.0 Å². The molecule has 13 heteroatoms. The van der Waals surface area contributed by atoms with Crippen molar-refractivity contribution in [2.75, 3.05) is 24.6 Å². The predicted octanol–water partition coefficient (Wildman–Crippen LogP) is 4.96. The molecule has 1 aliphatic rings. The SMILES string of the molecule is [C-]#[N+]N(CCO)Cc1nn(-c2ccccc2)c2c1[C@H](c1ccc(F)cc1)[C@H](NC(=O)c1cccc(C(F)(F)F)c1)C(=O)N2CC. The van der Waals surface area contributed by atoms with Gasteiger partial charge >= 0.3 is 6.18 Å². The number of anilines is 1. The molecule has 0 unspecified atom stereocenters. The Morgan fingerprint density at radius 1 is 1.09 bits per heavy atom. The van der Waals surface area contributed by atoms with E-state index < -0.39 is 41.3 Å². The van der Waals surface area contributed by atoms with E-state index in [-0.39, 0.29) is 31.8 Å². The molecule has 0 aliphatic carbocycles. The van der Waals surface area contributed by atoms with Crippen LogP contribution in [0.1, 0.15) is 45.6 Å². The number of benzene rings is 3. The monoisotopic (exact) mass is 620 g/mol. The molecule has 2 atom stereocenters. The lowest BCUT2D eigenvalue weighted by Gasteiger charge is -2.38. The third-order valence-corrected chi connectivity index (χ3v) is 7.52. The summed E-state index contributed by atoms with van der Waals surface area (Å²) in [6.07, 6.45) is -4.69. The Balaban J connectivity index is 1.71. The summed E-state index contributed by atoms with van der Waals surface area (Å²) in [4.78, 5) is 32.7. The molecule has 5 rings (SSSR count). The van der Waals surface area contributed by atoms with Gasteiger partial charge in [-0.1, -0.05) is 36.4 Å². The molecule has 2 N–H and O–H groups in total. The van der Waals surface area contributed by atoms with E-state index in [2.05, 4.69) is 10.3 Å². The fourth-order valence-electron chi connectivity index (χ4n) is 5.48. The van der Waals surface area contributed by atoms with Gasteiger partial charge in [0.1, 0.15) is 30.8 Å². The Hall–Kier alpha value is -5.22. The van der Waals surface area contributed by atoms with Crippen LogP contribution in [0.15, 0.2) is 78.9 Å². The number of halogens is 4. The Morgan fingerprint density at radius 2 is 1.80 bits per heavy atom. The van der Waals surface area contributed by atoms with Crippen LogP contribution in [0.25, 0.3) is 10.6 Å². The molecule has 232 valence electrons. The first-order valence-electron chi connectivity index (χ1n) is 14.0. The number of amides is 2. The number of rotatable bonds is 9. The molecule has 0 bridgehead atoms. The van der Waals surface area contributed by atoms with E-state index >= 15 is 0 Å². The molecule has 0 saturated heterocycles. The number of aromatic nitrogens is 2. The minimum Gasteiger partial charge on any atom is -0.394 e. The van der Waals surface area contributed by atoms with Crippen molar-refractivity contribution in [3.63, 3.8) is 0 Å². The summed E-state index contributed by atoms with van der Waals surface area (Å²) in [5.74, 6) is -2.61. The van der Waals surface area contributed by atoms with Crippen molar-refractivity contribution in [2.45, 2.75) is 31.6 Å². The maximum Gasteiger partial charge on any atom is 0.416 e. The summed E-state index contributed by atoms with van der Waals surface area (Å²) in [6, 6.07) is 16.8. The summed E-state index contributed by atoms with van der Waals surface area (Å²) in [7, 11) is 0. The predicted molar refractivity (Wildman–Crippen MR) is 157 cm³/mol. The smallest absolute Gasteiger partial charge is 0.394 e. The van der Waals surface area contributed by atoms with Gasteiger partial charge in [-0.3, -0.25) is 14.5 Å². The first-order valence-corrected chi connectivity index (χ1v) is 14.0. The third-order valence-electron chi connectivity index (χ3n) is 7.52. The second kappa shape index (κ2) is 12.8. The van der Waals surface area contributed by atoms with Gasteiger partial charge in [-0.2, -0.15) is 29.8 Å². The van der Waals surface area contributed by atoms with Crippen LogP contribution in [0.3, 0.4) is 0 Å². The van der Waals surface area contributed by atoms with Gasteiger partial charge in [0.05, 0.1) is 23.6 Å². The number of nitrogens with one attached hydrogen (secondary N) is 1. The number of hydrogen-bond acceptors (Lipinski definition) is 5. The molecule has 45 heavy (non-hydrogen) atoms. The molecule has 0 saturated carbocycles. The number of carbonyl (C=O) groups is 2. The van der Waals surface area contributed by atoms with E-state index in [1.807, 2.05) is 6.07 Å². The summed E-state index contributed by atoms with van der Waals surface area (Å²) >= 11 is 0. The van der Waals surface area contributed by atoms with Gasteiger partial charge in [-0.15, -0.1) is 5.01 Å². The molecular weight excluding hydrogens is 592 g/mol. The maximum absolute atomic E-state index is 14.3. The zero-order valence-corrected chi connectivity index (χ0v) is 24.0. The van der Waals surface area contributed by atoms with Crippen LogP contribution in [-0.4, -0.2) is 57.4 Å². The minimum absolute atomic E-state index is 0.00379. The van der Waals surface area contributed by atoms with E-state index in [0.29, 0.717) is 34.4 Å².